The number of benzene rings is 3. The number of carbonyl (C=O) groups excluding carboxylic acids is 3. The number of nitrogens with two attached hydrogens (primary N) is 1. The summed E-state index contributed by atoms with van der Waals surface area (Å²) < 4.78 is 7.40. The van der Waals surface area contributed by atoms with Gasteiger partial charge in [-0.25, -0.2) is 0 Å². The number of anilines is 1. The number of aromatic nitrogens is 2. The van der Waals surface area contributed by atoms with Crippen molar-refractivity contribution in [3.63, 3.8) is 0 Å². The van der Waals surface area contributed by atoms with Crippen LogP contribution >= 0.6 is 0 Å². The first-order valence-electron chi connectivity index (χ1n) is 14.5. The third kappa shape index (κ3) is 7.30. The average molecular weight is 667 g/mol. The van der Waals surface area contributed by atoms with E-state index in [1.165, 1.54) is 17.5 Å². The van der Waals surface area contributed by atoms with Crippen molar-refractivity contribution in [2.24, 2.45) is 5.73 Å². The fourth-order valence-corrected chi connectivity index (χ4v) is 7.82. The summed E-state index contributed by atoms with van der Waals surface area (Å²) in [6.07, 6.45) is 1.22. The van der Waals surface area contributed by atoms with Crippen LogP contribution in [0.1, 0.15) is 51.7 Å². The maximum absolute atomic E-state index is 13.0. The average Bonchev–Trinajstić information content (AvgIpc) is 3.04. The second kappa shape index (κ2) is 14.3. The summed E-state index contributed by atoms with van der Waals surface area (Å²) in [5.74, 6) is -1.45. The first kappa shape index (κ1) is 31.6. The van der Waals surface area contributed by atoms with Crippen LogP contribution in [0.15, 0.2) is 72.8 Å². The predicted octanol–water partition coefficient (Wildman–Crippen LogP) is 2.75. The number of carbonyl (C=O) groups is 3. The van der Waals surface area contributed by atoms with E-state index in [-0.39, 0.29) is 42.5 Å². The summed E-state index contributed by atoms with van der Waals surface area (Å²) in [6.45, 7) is 1.83. The number of primary amides is 1. The van der Waals surface area contributed by atoms with E-state index in [2.05, 4.69) is 27.8 Å². The van der Waals surface area contributed by atoms with Gasteiger partial charge in [-0.15, -0.1) is 0 Å². The van der Waals surface area contributed by atoms with E-state index in [9.17, 15) is 19.5 Å². The SMILES string of the molecule is CCCc1nc(OC)c(C(N)=O)cc1C(=O)NCCC(=O)Nc1cc(CO)cc([As]c2c3ccccc3nc3ccccc23)c1. The Morgan fingerprint density at radius 2 is 1.62 bits per heavy atom. The standard InChI is InChI=1S/C34H33AsN5O5/c1-3-8-27-25(18-26(32(36)43)34(40-27)45-2)33(44)37-14-13-30(42)38-22-16-20(19-41)15-21(17-22)35-31-23-9-4-6-11-28(23)39-29-12-7-5-10-24(29)31/h4-7,9-12,15-18,41H,3,8,13-14,19H2,1-2H3,(H2,36,43)(H,37,44)(H,38,42). The van der Waals surface area contributed by atoms with Gasteiger partial charge >= 0.3 is 220 Å². The summed E-state index contributed by atoms with van der Waals surface area (Å²) in [7, 11) is 1.38. The van der Waals surface area contributed by atoms with Crippen LogP contribution in [-0.2, 0) is 17.8 Å². The summed E-state index contributed by atoms with van der Waals surface area (Å²) in [4.78, 5) is 47.0. The molecule has 229 valence electrons. The van der Waals surface area contributed by atoms with Gasteiger partial charge in [0.15, 0.2) is 0 Å². The molecule has 0 aliphatic heterocycles. The van der Waals surface area contributed by atoms with Crippen LogP contribution in [0.2, 0.25) is 0 Å². The Bertz CT molecular complexity index is 1860. The minimum absolute atomic E-state index is 0.00708. The molecule has 45 heavy (non-hydrogen) atoms. The fourth-order valence-electron chi connectivity index (χ4n) is 5.07. The van der Waals surface area contributed by atoms with Crippen LogP contribution in [0.25, 0.3) is 21.8 Å². The van der Waals surface area contributed by atoms with Crippen molar-refractivity contribution in [3.8, 4) is 5.88 Å². The summed E-state index contributed by atoms with van der Waals surface area (Å²) >= 11 is -0.524. The van der Waals surface area contributed by atoms with Crippen LogP contribution < -0.4 is 29.8 Å². The number of hydrogen-bond donors (Lipinski definition) is 4. The Balaban J connectivity index is 1.30. The number of aryl methyl sites for hydroxylation is 1. The number of hydrogen-bond acceptors (Lipinski definition) is 7. The van der Waals surface area contributed by atoms with E-state index in [1.54, 1.807) is 6.07 Å². The van der Waals surface area contributed by atoms with E-state index >= 15 is 0 Å². The zero-order chi connectivity index (χ0) is 31.9. The van der Waals surface area contributed by atoms with Gasteiger partial charge < -0.3 is 10.5 Å². The molecule has 0 saturated heterocycles. The second-order valence-electron chi connectivity index (χ2n) is 10.4. The number of fused-ring (bicyclic) bond motifs is 2. The normalized spacial score (nSPS) is 11.3. The van der Waals surface area contributed by atoms with Gasteiger partial charge in [-0.1, -0.05) is 13.3 Å². The molecule has 2 aromatic heterocycles. The van der Waals surface area contributed by atoms with Crippen molar-refractivity contribution in [3.05, 3.63) is 95.2 Å². The van der Waals surface area contributed by atoms with E-state index in [0.29, 0.717) is 23.4 Å². The molecule has 0 aliphatic rings. The predicted molar refractivity (Wildman–Crippen MR) is 176 cm³/mol. The quantitative estimate of drug-likeness (QED) is 0.118. The number of nitrogens with zero attached hydrogens (tertiary/aromatic N) is 2. The molecule has 0 aliphatic carbocycles. The molecule has 1 radical (unpaired) electrons. The van der Waals surface area contributed by atoms with Gasteiger partial charge in [0.25, 0.3) is 5.91 Å². The Morgan fingerprint density at radius 1 is 0.933 bits per heavy atom. The number of ether oxygens (including phenoxy) is 1. The topological polar surface area (TPSA) is 157 Å². The van der Waals surface area contributed by atoms with E-state index in [1.807, 2.05) is 55.5 Å². The van der Waals surface area contributed by atoms with Crippen molar-refractivity contribution < 1.29 is 24.2 Å². The molecule has 0 atom stereocenters. The van der Waals surface area contributed by atoms with Gasteiger partial charge in [0.05, 0.1) is 7.11 Å². The minimum atomic E-state index is -0.757. The Hall–Kier alpha value is -4.79. The first-order chi connectivity index (χ1) is 21.8. The number of aliphatic hydroxyl groups excluding tert-OH is 1. The molecule has 3 aromatic carbocycles. The summed E-state index contributed by atoms with van der Waals surface area (Å²) in [5, 5.41) is 17.8. The Labute approximate surface area is 267 Å². The number of methoxy groups -OCH3 is 1. The molecular formula is C34H33AsN5O5. The number of para-hydroxylation sites is 2. The number of rotatable bonds is 12. The van der Waals surface area contributed by atoms with Crippen LogP contribution in [0.3, 0.4) is 0 Å². The molecule has 0 spiro atoms. The Morgan fingerprint density at radius 3 is 2.24 bits per heavy atom. The van der Waals surface area contributed by atoms with Gasteiger partial charge in [0.2, 0.25) is 5.88 Å². The maximum atomic E-state index is 13.0. The first-order valence-corrected chi connectivity index (χ1v) is 16.4. The third-order valence-electron chi connectivity index (χ3n) is 7.14. The molecule has 0 saturated carbocycles. The van der Waals surface area contributed by atoms with Gasteiger partial charge in [0, 0.05) is 0 Å². The van der Waals surface area contributed by atoms with Crippen LogP contribution in [0.4, 0.5) is 5.69 Å². The van der Waals surface area contributed by atoms with Gasteiger partial charge in [-0.2, -0.15) is 0 Å². The third-order valence-corrected chi connectivity index (χ3v) is 9.70. The molecule has 0 unspecified atom stereocenters. The summed E-state index contributed by atoms with van der Waals surface area (Å²) in [5.41, 5.74) is 9.27. The van der Waals surface area contributed by atoms with Gasteiger partial charge in [0.1, 0.15) is 0 Å². The van der Waals surface area contributed by atoms with Crippen molar-refractivity contribution >= 4 is 69.7 Å². The second-order valence-corrected chi connectivity index (χ2v) is 12.9. The molecule has 2 heterocycles. The molecule has 11 heteroatoms. The van der Waals surface area contributed by atoms with Crippen LogP contribution in [-0.4, -0.2) is 62.2 Å². The molecule has 5 aromatic rings. The monoisotopic (exact) mass is 666 g/mol. The van der Waals surface area contributed by atoms with Crippen molar-refractivity contribution in [2.75, 3.05) is 19.0 Å². The fraction of sp³-hybridized carbons (Fsp3) is 0.206. The molecule has 10 nitrogen and oxygen atoms in total. The zero-order valence-corrected chi connectivity index (χ0v) is 26.8. The molecule has 3 amide bonds. The molecular weight excluding hydrogens is 633 g/mol. The Kier molecular flexibility index (Phi) is 10.1. The number of aliphatic hydroxyl groups is 1. The molecule has 0 bridgehead atoms. The van der Waals surface area contributed by atoms with Gasteiger partial charge in [-0.05, 0) is 0 Å². The number of pyridine rings is 2. The van der Waals surface area contributed by atoms with Crippen LogP contribution in [0.5, 0.6) is 5.88 Å². The van der Waals surface area contributed by atoms with E-state index < -0.39 is 27.6 Å². The number of nitrogens with one attached hydrogen (secondary N) is 2. The van der Waals surface area contributed by atoms with Gasteiger partial charge in [-0.3, -0.25) is 4.79 Å². The summed E-state index contributed by atoms with van der Waals surface area (Å²) in [6, 6.07) is 23.2. The van der Waals surface area contributed by atoms with Crippen LogP contribution in [0, 0.1) is 0 Å². The number of amides is 3. The molecule has 5 rings (SSSR count). The zero-order valence-electron chi connectivity index (χ0n) is 25.0. The molecule has 5 N–H and O–H groups in total. The van der Waals surface area contributed by atoms with E-state index in [4.69, 9.17) is 15.5 Å². The molecule has 0 fully saturated rings. The van der Waals surface area contributed by atoms with Crippen molar-refractivity contribution in [2.45, 2.75) is 32.8 Å². The van der Waals surface area contributed by atoms with Crippen molar-refractivity contribution in [1.29, 1.82) is 0 Å². The van der Waals surface area contributed by atoms with Crippen molar-refractivity contribution in [1.82, 2.24) is 15.3 Å². The van der Waals surface area contributed by atoms with E-state index in [0.717, 1.165) is 32.6 Å².